The molecule has 0 bridgehead atoms. The highest BCUT2D eigenvalue weighted by atomic mass is 16.5. The Hall–Kier alpha value is -2.83. The number of aliphatic hydroxyl groups excluding tert-OH is 2. The molecule has 3 amide bonds. The molecule has 4 aliphatic carbocycles. The van der Waals surface area contributed by atoms with E-state index in [-0.39, 0.29) is 66.1 Å². The second-order valence-electron chi connectivity index (χ2n) is 22.4. The zero-order chi connectivity index (χ0) is 46.8. The van der Waals surface area contributed by atoms with Gasteiger partial charge in [-0.25, -0.2) is 0 Å². The van der Waals surface area contributed by atoms with E-state index in [9.17, 15) is 24.6 Å². The SMILES string of the molecule is CC(C)CCC[C@@H](C)[C@H]1CC[C@H]2[C@@H]3CC=C4C[C@@H](OCCCNC(=O)CCC(O)N[C@@H](CC(C)C)C(=O)N[C@@H](CC(C)C)C(=O)Nc5ccc(CO)cc5)CC[C@]4(C)[C@@]3(N)CC[C@]12C. The summed E-state index contributed by atoms with van der Waals surface area (Å²) in [7, 11) is 0. The number of nitrogens with one attached hydrogen (secondary N) is 4. The maximum absolute atomic E-state index is 13.6. The predicted molar refractivity (Wildman–Crippen MR) is 258 cm³/mol. The van der Waals surface area contributed by atoms with Crippen LogP contribution >= 0.6 is 0 Å². The van der Waals surface area contributed by atoms with Crippen molar-refractivity contribution in [2.75, 3.05) is 18.5 Å². The molecule has 3 saturated carbocycles. The van der Waals surface area contributed by atoms with Gasteiger partial charge in [-0.2, -0.15) is 0 Å². The summed E-state index contributed by atoms with van der Waals surface area (Å²) in [5, 5.41) is 32.0. The van der Waals surface area contributed by atoms with Crippen molar-refractivity contribution >= 4 is 23.4 Å². The summed E-state index contributed by atoms with van der Waals surface area (Å²) < 4.78 is 6.44. The van der Waals surface area contributed by atoms with Gasteiger partial charge in [-0.15, -0.1) is 0 Å². The number of ether oxygens (including phenoxy) is 1. The molecule has 0 radical (unpaired) electrons. The summed E-state index contributed by atoms with van der Waals surface area (Å²) in [5.74, 6) is 3.07. The first-order valence-corrected chi connectivity index (χ1v) is 25.4. The Labute approximate surface area is 387 Å². The summed E-state index contributed by atoms with van der Waals surface area (Å²) in [4.78, 5) is 39.7. The molecule has 0 aliphatic heterocycles. The molecule has 11 nitrogen and oxygen atoms in total. The Morgan fingerprint density at radius 3 is 2.20 bits per heavy atom. The van der Waals surface area contributed by atoms with Crippen molar-refractivity contribution < 1.29 is 29.3 Å². The van der Waals surface area contributed by atoms with Gasteiger partial charge < -0.3 is 36.6 Å². The fourth-order valence-electron chi connectivity index (χ4n) is 12.7. The van der Waals surface area contributed by atoms with E-state index in [1.165, 1.54) is 44.1 Å². The van der Waals surface area contributed by atoms with Crippen LogP contribution in [0, 0.1) is 52.3 Å². The fraction of sp³-hybridized carbons (Fsp3) is 0.792. The lowest BCUT2D eigenvalue weighted by Crippen LogP contribution is -2.67. The molecule has 1 unspecified atom stereocenters. The number of benzene rings is 1. The Morgan fingerprint density at radius 2 is 1.53 bits per heavy atom. The van der Waals surface area contributed by atoms with Gasteiger partial charge in [0, 0.05) is 36.2 Å². The molecule has 11 atom stereocenters. The van der Waals surface area contributed by atoms with Crippen LogP contribution in [0.4, 0.5) is 5.69 Å². The Balaban J connectivity index is 1.03. The highest BCUT2D eigenvalue weighted by Crippen LogP contribution is 2.68. The molecule has 11 heteroatoms. The molecular weight excluding hydrogens is 803 g/mol. The monoisotopic (exact) mass is 892 g/mol. The van der Waals surface area contributed by atoms with Crippen molar-refractivity contribution in [3.8, 4) is 0 Å². The van der Waals surface area contributed by atoms with Gasteiger partial charge >= 0.3 is 0 Å². The molecule has 0 saturated heterocycles. The minimum Gasteiger partial charge on any atom is -0.392 e. The molecule has 0 aromatic heterocycles. The lowest BCUT2D eigenvalue weighted by Gasteiger charge is -2.64. The van der Waals surface area contributed by atoms with Gasteiger partial charge in [0.25, 0.3) is 0 Å². The first kappa shape index (κ1) is 52.1. The number of hydrogen-bond acceptors (Lipinski definition) is 8. The molecule has 3 fully saturated rings. The van der Waals surface area contributed by atoms with Crippen molar-refractivity contribution in [1.82, 2.24) is 16.0 Å². The van der Waals surface area contributed by atoms with E-state index in [2.05, 4.69) is 62.0 Å². The van der Waals surface area contributed by atoms with E-state index in [1.807, 2.05) is 27.7 Å². The normalized spacial score (nSPS) is 29.6. The van der Waals surface area contributed by atoms with Crippen LogP contribution in [-0.4, -0.2) is 71.0 Å². The lowest BCUT2D eigenvalue weighted by atomic mass is 9.43. The maximum atomic E-state index is 13.6. The van der Waals surface area contributed by atoms with Gasteiger partial charge in [0.2, 0.25) is 17.7 Å². The quantitative estimate of drug-likeness (QED) is 0.0306. The average Bonchev–Trinajstić information content (AvgIpc) is 3.59. The van der Waals surface area contributed by atoms with Crippen molar-refractivity contribution in [3.63, 3.8) is 0 Å². The van der Waals surface area contributed by atoms with E-state index >= 15 is 0 Å². The van der Waals surface area contributed by atoms with Gasteiger partial charge in [-0.05, 0) is 142 Å². The minimum absolute atomic E-state index is 0.0202. The van der Waals surface area contributed by atoms with Crippen molar-refractivity contribution in [3.05, 3.63) is 41.5 Å². The zero-order valence-corrected chi connectivity index (χ0v) is 41.3. The first-order chi connectivity index (χ1) is 30.3. The number of hydrogen-bond donors (Lipinski definition) is 7. The topological polar surface area (TPSA) is 175 Å². The maximum Gasteiger partial charge on any atom is 0.246 e. The average molecular weight is 892 g/mol. The third-order valence-corrected chi connectivity index (χ3v) is 16.4. The molecule has 0 heterocycles. The van der Waals surface area contributed by atoms with Gasteiger partial charge in [0.1, 0.15) is 12.3 Å². The smallest absolute Gasteiger partial charge is 0.246 e. The van der Waals surface area contributed by atoms with E-state index in [0.717, 1.165) is 55.4 Å². The van der Waals surface area contributed by atoms with Crippen LogP contribution in [0.5, 0.6) is 0 Å². The number of carbonyl (C=O) groups is 3. The summed E-state index contributed by atoms with van der Waals surface area (Å²) in [6.07, 6.45) is 16.7. The molecule has 64 heavy (non-hydrogen) atoms. The highest BCUT2D eigenvalue weighted by Gasteiger charge is 2.64. The molecular formula is C53H89N5O6. The number of allylic oxidation sites excluding steroid dienone is 1. The van der Waals surface area contributed by atoms with Crippen molar-refractivity contribution in [1.29, 1.82) is 0 Å². The third-order valence-electron chi connectivity index (χ3n) is 16.4. The highest BCUT2D eigenvalue weighted by molar-refractivity contribution is 5.97. The number of aliphatic hydroxyl groups is 2. The number of fused-ring (bicyclic) bond motifs is 5. The van der Waals surface area contributed by atoms with E-state index in [1.54, 1.807) is 24.3 Å². The van der Waals surface area contributed by atoms with Crippen LogP contribution in [0.3, 0.4) is 0 Å². The van der Waals surface area contributed by atoms with Gasteiger partial charge in [-0.1, -0.05) is 105 Å². The minimum atomic E-state index is -1.08. The molecule has 4 aliphatic rings. The van der Waals surface area contributed by atoms with Gasteiger partial charge in [-0.3, -0.25) is 19.7 Å². The van der Waals surface area contributed by atoms with Crippen molar-refractivity contribution in [2.24, 2.45) is 58.0 Å². The summed E-state index contributed by atoms with van der Waals surface area (Å²) in [6, 6.07) is 5.36. The Bertz CT molecular complexity index is 1700. The number of nitrogens with two attached hydrogens (primary N) is 1. The van der Waals surface area contributed by atoms with E-state index in [4.69, 9.17) is 10.5 Å². The van der Waals surface area contributed by atoms with Crippen LogP contribution in [0.1, 0.15) is 171 Å². The van der Waals surface area contributed by atoms with Gasteiger partial charge in [0.15, 0.2) is 0 Å². The standard InChI is InChI=1S/C53H89N5O6/c1-34(2)12-10-13-37(7)42-20-21-43-44-19-16-39-32-41(24-25-52(39,9)53(44,54)27-26-51(42,43)8)64-29-11-28-55-47(60)22-23-48(61)57-45(30-35(3)4)50(63)58-46(31-36(5)6)49(62)56-40-17-14-38(33-59)15-18-40/h14-18,34-37,41-46,48,57,59,61H,10-13,19-33,54H2,1-9H3,(H,55,60)(H,56,62)(H,58,63)/t37-,41+,42-,43+,44+,45+,46+,48?,51-,52+,53-/m1/s1. The Morgan fingerprint density at radius 1 is 0.828 bits per heavy atom. The van der Waals surface area contributed by atoms with Crippen LogP contribution in [0.15, 0.2) is 35.9 Å². The van der Waals surface area contributed by atoms with Gasteiger partial charge in [0.05, 0.1) is 18.8 Å². The van der Waals surface area contributed by atoms with Crippen LogP contribution < -0.4 is 27.0 Å². The number of amides is 3. The van der Waals surface area contributed by atoms with Crippen LogP contribution in [0.2, 0.25) is 0 Å². The molecule has 8 N–H and O–H groups in total. The number of carbonyl (C=O) groups excluding carboxylic acids is 3. The molecule has 1 aromatic carbocycles. The number of anilines is 1. The Kier molecular flexibility index (Phi) is 18.9. The molecule has 0 spiro atoms. The summed E-state index contributed by atoms with van der Waals surface area (Å²) in [6.45, 7) is 21.3. The number of rotatable bonds is 24. The largest absolute Gasteiger partial charge is 0.392 e. The van der Waals surface area contributed by atoms with E-state index < -0.39 is 18.3 Å². The molecule has 362 valence electrons. The van der Waals surface area contributed by atoms with Crippen LogP contribution in [0.25, 0.3) is 0 Å². The fourth-order valence-corrected chi connectivity index (χ4v) is 12.7. The van der Waals surface area contributed by atoms with Crippen LogP contribution in [-0.2, 0) is 25.7 Å². The van der Waals surface area contributed by atoms with E-state index in [0.29, 0.717) is 55.4 Å². The third kappa shape index (κ3) is 13.0. The lowest BCUT2D eigenvalue weighted by molar-refractivity contribution is -0.129. The second-order valence-corrected chi connectivity index (χ2v) is 22.4. The van der Waals surface area contributed by atoms with Crippen molar-refractivity contribution in [2.45, 2.75) is 202 Å². The second kappa shape index (κ2) is 23.3. The predicted octanol–water partition coefficient (Wildman–Crippen LogP) is 8.77. The molecule has 1 aromatic rings. The zero-order valence-electron chi connectivity index (χ0n) is 41.3. The molecule has 5 rings (SSSR count). The summed E-state index contributed by atoms with van der Waals surface area (Å²) in [5.41, 5.74) is 10.8. The first-order valence-electron chi connectivity index (χ1n) is 25.4. The summed E-state index contributed by atoms with van der Waals surface area (Å²) >= 11 is 0.